The van der Waals surface area contributed by atoms with Crippen molar-refractivity contribution in [1.82, 2.24) is 20.6 Å². The molecule has 2 aromatic heterocycles. The van der Waals surface area contributed by atoms with Gasteiger partial charge in [0.2, 0.25) is 5.91 Å². The van der Waals surface area contributed by atoms with Crippen LogP contribution in [0.4, 0.5) is 5.82 Å². The number of hydrogen-bond acceptors (Lipinski definition) is 6. The normalized spacial score (nSPS) is 14.9. The van der Waals surface area contributed by atoms with E-state index in [2.05, 4.69) is 43.5 Å². The van der Waals surface area contributed by atoms with E-state index in [1.807, 2.05) is 18.5 Å². The molecule has 1 aliphatic rings. The Labute approximate surface area is 198 Å². The van der Waals surface area contributed by atoms with E-state index >= 15 is 0 Å². The van der Waals surface area contributed by atoms with Crippen LogP contribution in [-0.4, -0.2) is 48.5 Å². The summed E-state index contributed by atoms with van der Waals surface area (Å²) in [6.45, 7) is 5.04. The highest BCUT2D eigenvalue weighted by Gasteiger charge is 2.24. The summed E-state index contributed by atoms with van der Waals surface area (Å²) in [5.74, 6) is 1.48. The molecule has 0 saturated carbocycles. The molecule has 0 bridgehead atoms. The zero-order valence-electron chi connectivity index (χ0n) is 17.4. The molecule has 0 unspecified atom stereocenters. The number of piperidine rings is 1. The Balaban J connectivity index is 0.00000320. The Morgan fingerprint density at radius 2 is 2.10 bits per heavy atom. The predicted octanol–water partition coefficient (Wildman–Crippen LogP) is 2.07. The van der Waals surface area contributed by atoms with Gasteiger partial charge in [-0.2, -0.15) is 0 Å². The first kappa shape index (κ1) is 24.3. The summed E-state index contributed by atoms with van der Waals surface area (Å²) >= 11 is 1.72. The van der Waals surface area contributed by atoms with E-state index in [0.29, 0.717) is 6.54 Å². The number of carbonyl (C=O) groups is 1. The monoisotopic (exact) mass is 543 g/mol. The van der Waals surface area contributed by atoms with Crippen molar-refractivity contribution in [3.63, 3.8) is 0 Å². The first-order valence-electron chi connectivity index (χ1n) is 9.90. The molecule has 1 amide bonds. The van der Waals surface area contributed by atoms with Crippen LogP contribution in [0.1, 0.15) is 28.3 Å². The van der Waals surface area contributed by atoms with Gasteiger partial charge in [-0.15, -0.1) is 35.3 Å². The van der Waals surface area contributed by atoms with E-state index in [9.17, 15) is 4.79 Å². The second-order valence-electron chi connectivity index (χ2n) is 7.12. The minimum atomic E-state index is -0.199. The lowest BCUT2D eigenvalue weighted by molar-refractivity contribution is -0.122. The number of aromatic nitrogens is 2. The van der Waals surface area contributed by atoms with Gasteiger partial charge in [0.25, 0.3) is 0 Å². The van der Waals surface area contributed by atoms with Crippen molar-refractivity contribution in [2.75, 3.05) is 31.6 Å². The fourth-order valence-corrected chi connectivity index (χ4v) is 4.22. The van der Waals surface area contributed by atoms with E-state index in [0.717, 1.165) is 61.2 Å². The van der Waals surface area contributed by atoms with Crippen molar-refractivity contribution in [2.24, 2.45) is 16.6 Å². The molecular weight excluding hydrogens is 513 g/mol. The summed E-state index contributed by atoms with van der Waals surface area (Å²) in [7, 11) is 1.77. The second kappa shape index (κ2) is 12.0. The molecule has 4 N–H and O–H groups in total. The van der Waals surface area contributed by atoms with Gasteiger partial charge in [0.15, 0.2) is 5.96 Å². The van der Waals surface area contributed by atoms with Crippen LogP contribution in [0.5, 0.6) is 0 Å². The van der Waals surface area contributed by atoms with E-state index in [-0.39, 0.29) is 35.8 Å². The molecule has 2 aromatic rings. The van der Waals surface area contributed by atoms with Crippen LogP contribution < -0.4 is 21.3 Å². The molecule has 10 heteroatoms. The highest BCUT2D eigenvalue weighted by atomic mass is 127. The fourth-order valence-electron chi connectivity index (χ4n) is 3.43. The Morgan fingerprint density at radius 3 is 2.73 bits per heavy atom. The van der Waals surface area contributed by atoms with Gasteiger partial charge in [-0.05, 0) is 25.8 Å². The van der Waals surface area contributed by atoms with Gasteiger partial charge < -0.3 is 21.3 Å². The Kier molecular flexibility index (Phi) is 9.76. The molecule has 164 valence electrons. The predicted molar refractivity (Wildman–Crippen MR) is 133 cm³/mol. The highest BCUT2D eigenvalue weighted by Crippen LogP contribution is 2.24. The summed E-state index contributed by atoms with van der Waals surface area (Å²) in [5.41, 5.74) is 6.55. The van der Waals surface area contributed by atoms with Gasteiger partial charge >= 0.3 is 0 Å². The summed E-state index contributed by atoms with van der Waals surface area (Å²) in [6, 6.07) is 4.01. The molecule has 30 heavy (non-hydrogen) atoms. The molecule has 3 heterocycles. The van der Waals surface area contributed by atoms with Crippen LogP contribution in [-0.2, 0) is 17.8 Å². The average molecular weight is 543 g/mol. The number of guanidine groups is 1. The smallest absolute Gasteiger partial charge is 0.220 e. The fraction of sp³-hybridized carbons (Fsp3) is 0.500. The average Bonchev–Trinajstić information content (AvgIpc) is 3.16. The number of anilines is 1. The topological polar surface area (TPSA) is 109 Å². The number of aryl methyl sites for hydroxylation is 1. The van der Waals surface area contributed by atoms with Crippen molar-refractivity contribution in [3.8, 4) is 0 Å². The first-order chi connectivity index (χ1) is 14.1. The van der Waals surface area contributed by atoms with E-state index < -0.39 is 0 Å². The number of carbonyl (C=O) groups excluding carboxylic acids is 1. The summed E-state index contributed by atoms with van der Waals surface area (Å²) in [5, 5.41) is 7.82. The van der Waals surface area contributed by atoms with Crippen molar-refractivity contribution >= 4 is 53.0 Å². The highest BCUT2D eigenvalue weighted by molar-refractivity contribution is 14.0. The minimum absolute atomic E-state index is 0. The van der Waals surface area contributed by atoms with Gasteiger partial charge in [-0.25, -0.2) is 9.97 Å². The number of hydrogen-bond donors (Lipinski definition) is 3. The molecule has 0 aliphatic carbocycles. The van der Waals surface area contributed by atoms with Crippen LogP contribution in [0.15, 0.2) is 29.5 Å². The van der Waals surface area contributed by atoms with Crippen LogP contribution in [0.3, 0.4) is 0 Å². The lowest BCUT2D eigenvalue weighted by Crippen LogP contribution is -2.40. The maximum atomic E-state index is 11.4. The third-order valence-corrected chi connectivity index (χ3v) is 6.01. The van der Waals surface area contributed by atoms with Crippen LogP contribution in [0, 0.1) is 12.8 Å². The third kappa shape index (κ3) is 6.79. The number of thiazole rings is 1. The number of primary amides is 1. The molecule has 3 rings (SSSR count). The maximum absolute atomic E-state index is 11.4. The van der Waals surface area contributed by atoms with Crippen LogP contribution in [0.2, 0.25) is 0 Å². The molecule has 0 spiro atoms. The summed E-state index contributed by atoms with van der Waals surface area (Å²) < 4.78 is 0. The van der Waals surface area contributed by atoms with E-state index in [1.54, 1.807) is 18.4 Å². The van der Waals surface area contributed by atoms with Gasteiger partial charge in [-0.1, -0.05) is 6.07 Å². The number of nitrogens with zero attached hydrogens (tertiary/aromatic N) is 4. The minimum Gasteiger partial charge on any atom is -0.369 e. The van der Waals surface area contributed by atoms with E-state index in [1.165, 1.54) is 4.88 Å². The number of halogens is 1. The van der Waals surface area contributed by atoms with Crippen molar-refractivity contribution < 1.29 is 4.79 Å². The zero-order valence-corrected chi connectivity index (χ0v) is 20.6. The molecule has 0 radical (unpaired) electrons. The molecule has 1 aliphatic heterocycles. The second-order valence-corrected chi connectivity index (χ2v) is 8.44. The SMILES string of the molecule is CN=C(NCCc1ncc(C)s1)NCc1cccnc1N1CCC(C(N)=O)CC1.I. The molecule has 0 aromatic carbocycles. The zero-order chi connectivity index (χ0) is 20.6. The Bertz CT molecular complexity index is 849. The van der Waals surface area contributed by atoms with Crippen molar-refractivity contribution in [3.05, 3.63) is 40.0 Å². The number of amides is 1. The van der Waals surface area contributed by atoms with Crippen molar-refractivity contribution in [1.29, 1.82) is 0 Å². The molecule has 1 saturated heterocycles. The molecular formula is C20H30IN7OS. The first-order valence-corrected chi connectivity index (χ1v) is 10.7. The number of pyridine rings is 1. The van der Waals surface area contributed by atoms with Gasteiger partial charge in [-0.3, -0.25) is 9.79 Å². The van der Waals surface area contributed by atoms with Gasteiger partial charge in [0, 0.05) is 68.4 Å². The molecule has 0 atom stereocenters. The van der Waals surface area contributed by atoms with Gasteiger partial charge in [0.1, 0.15) is 5.82 Å². The number of rotatable bonds is 7. The lowest BCUT2D eigenvalue weighted by atomic mass is 9.96. The van der Waals surface area contributed by atoms with Crippen molar-refractivity contribution in [2.45, 2.75) is 32.7 Å². The molecule has 1 fully saturated rings. The number of nitrogens with one attached hydrogen (secondary N) is 2. The van der Waals surface area contributed by atoms with Crippen LogP contribution in [0.25, 0.3) is 0 Å². The Morgan fingerprint density at radius 1 is 1.33 bits per heavy atom. The number of aliphatic imine (C=N–C) groups is 1. The third-order valence-electron chi connectivity index (χ3n) is 5.03. The summed E-state index contributed by atoms with van der Waals surface area (Å²) in [6.07, 6.45) is 6.13. The quantitative estimate of drug-likeness (QED) is 0.281. The lowest BCUT2D eigenvalue weighted by Gasteiger charge is -2.32. The largest absolute Gasteiger partial charge is 0.369 e. The molecule has 8 nitrogen and oxygen atoms in total. The van der Waals surface area contributed by atoms with Gasteiger partial charge in [0.05, 0.1) is 5.01 Å². The van der Waals surface area contributed by atoms with Crippen LogP contribution >= 0.6 is 35.3 Å². The maximum Gasteiger partial charge on any atom is 0.220 e. The Hall–Kier alpha value is -1.95. The standard InChI is InChI=1S/C20H29N7OS.HI/c1-14-12-25-17(29-14)5-9-24-20(22-2)26-13-16-4-3-8-23-19(16)27-10-6-15(7-11-27)18(21)28;/h3-4,8,12,15H,5-7,9-11,13H2,1-2H3,(H2,21,28)(H2,22,24,26);1H. The number of nitrogens with two attached hydrogens (primary N) is 1. The summed E-state index contributed by atoms with van der Waals surface area (Å²) in [4.78, 5) is 28.1. The van der Waals surface area contributed by atoms with E-state index in [4.69, 9.17) is 5.73 Å².